The highest BCUT2D eigenvalue weighted by atomic mass is 35.5. The molecular weight excluding hydrogens is 448 g/mol. The fourth-order valence-corrected chi connectivity index (χ4v) is 3.44. The highest BCUT2D eigenvalue weighted by molar-refractivity contribution is 6.30. The van der Waals surface area contributed by atoms with E-state index in [0.29, 0.717) is 23.6 Å². The summed E-state index contributed by atoms with van der Waals surface area (Å²) in [5, 5.41) is 3.48. The molecular formula is C26H34ClF2NO3. The molecule has 1 atom stereocenters. The van der Waals surface area contributed by atoms with Gasteiger partial charge in [-0.1, -0.05) is 54.0 Å². The van der Waals surface area contributed by atoms with Crippen LogP contribution < -0.4 is 5.32 Å². The smallest absolute Gasteiger partial charge is 0.330 e. The summed E-state index contributed by atoms with van der Waals surface area (Å²) in [5.41, 5.74) is 1.69. The van der Waals surface area contributed by atoms with Crippen LogP contribution in [0.15, 0.2) is 60.2 Å². The van der Waals surface area contributed by atoms with Gasteiger partial charge in [0.1, 0.15) is 5.60 Å². The van der Waals surface area contributed by atoms with E-state index < -0.39 is 23.9 Å². The minimum Gasteiger partial charge on any atom is -0.457 e. The zero-order valence-electron chi connectivity index (χ0n) is 19.8. The first-order chi connectivity index (χ1) is 15.5. The van der Waals surface area contributed by atoms with Gasteiger partial charge in [0.2, 0.25) is 12.3 Å². The Morgan fingerprint density at radius 3 is 2.36 bits per heavy atom. The number of nitrogens with one attached hydrogen (secondary N) is 1. The number of carbonyl (C=O) groups excluding carboxylic acids is 2. The molecule has 0 saturated heterocycles. The SMILES string of the molecule is C=CC(C(=O)NCc1ccc(Cl)cc1)/C(CC)=C(/C/C=C/C(=O)OC(C)(C)C)CCC(F)F. The largest absolute Gasteiger partial charge is 0.457 e. The van der Waals surface area contributed by atoms with Gasteiger partial charge in [0.15, 0.2) is 0 Å². The molecule has 0 fully saturated rings. The molecule has 1 aromatic rings. The maximum Gasteiger partial charge on any atom is 0.330 e. The fourth-order valence-electron chi connectivity index (χ4n) is 3.31. The highest BCUT2D eigenvalue weighted by Crippen LogP contribution is 2.28. The second-order valence-corrected chi connectivity index (χ2v) is 9.05. The first-order valence-electron chi connectivity index (χ1n) is 11.0. The Labute approximate surface area is 200 Å². The van der Waals surface area contributed by atoms with Gasteiger partial charge < -0.3 is 10.1 Å². The van der Waals surface area contributed by atoms with Crippen molar-refractivity contribution in [2.45, 2.75) is 71.9 Å². The van der Waals surface area contributed by atoms with Crippen molar-refractivity contribution in [2.24, 2.45) is 5.92 Å². The molecule has 33 heavy (non-hydrogen) atoms. The maximum absolute atomic E-state index is 13.0. The number of amides is 1. The minimum atomic E-state index is -2.46. The average Bonchev–Trinajstić information content (AvgIpc) is 2.72. The number of carbonyl (C=O) groups is 2. The Morgan fingerprint density at radius 2 is 1.85 bits per heavy atom. The van der Waals surface area contributed by atoms with Crippen LogP contribution in [-0.4, -0.2) is 23.9 Å². The molecule has 1 N–H and O–H groups in total. The molecule has 1 aromatic carbocycles. The Morgan fingerprint density at radius 1 is 1.21 bits per heavy atom. The van der Waals surface area contributed by atoms with Crippen molar-refractivity contribution in [1.29, 1.82) is 0 Å². The Balaban J connectivity index is 3.04. The van der Waals surface area contributed by atoms with E-state index in [0.717, 1.165) is 11.1 Å². The summed E-state index contributed by atoms with van der Waals surface area (Å²) in [6.07, 6.45) is 2.50. The third-order valence-electron chi connectivity index (χ3n) is 4.80. The maximum atomic E-state index is 13.0. The summed E-state index contributed by atoms with van der Waals surface area (Å²) in [4.78, 5) is 24.9. The number of benzene rings is 1. The molecule has 182 valence electrons. The van der Waals surface area contributed by atoms with Gasteiger partial charge in [0.05, 0.1) is 5.92 Å². The molecule has 1 amide bonds. The van der Waals surface area contributed by atoms with Crippen LogP contribution in [0.3, 0.4) is 0 Å². The molecule has 4 nitrogen and oxygen atoms in total. The third kappa shape index (κ3) is 11.3. The molecule has 0 aliphatic carbocycles. The van der Waals surface area contributed by atoms with Crippen LogP contribution in [0, 0.1) is 5.92 Å². The molecule has 1 unspecified atom stereocenters. The standard InChI is InChI=1S/C26H34ClF2NO3/c1-6-21(22(7-2)25(32)30-17-18-11-14-20(27)15-12-18)19(13-16-23(28)29)9-8-10-24(31)33-26(3,4)5/h7-8,10-12,14-15,22-23H,2,6,9,13,16-17H2,1,3-5H3,(H,30,32)/b10-8+,21-19-. The predicted molar refractivity (Wildman–Crippen MR) is 129 cm³/mol. The van der Waals surface area contributed by atoms with E-state index in [-0.39, 0.29) is 25.2 Å². The van der Waals surface area contributed by atoms with Gasteiger partial charge in [-0.25, -0.2) is 13.6 Å². The second-order valence-electron chi connectivity index (χ2n) is 8.61. The zero-order chi connectivity index (χ0) is 25.0. The summed E-state index contributed by atoms with van der Waals surface area (Å²) in [7, 11) is 0. The van der Waals surface area contributed by atoms with Gasteiger partial charge in [0.25, 0.3) is 0 Å². The lowest BCUT2D eigenvalue weighted by molar-refractivity contribution is -0.148. The van der Waals surface area contributed by atoms with Crippen LogP contribution in [0.1, 0.15) is 58.9 Å². The van der Waals surface area contributed by atoms with Gasteiger partial charge in [-0.2, -0.15) is 0 Å². The van der Waals surface area contributed by atoms with Crippen molar-refractivity contribution in [1.82, 2.24) is 5.32 Å². The summed E-state index contributed by atoms with van der Waals surface area (Å²) in [6.45, 7) is 11.3. The summed E-state index contributed by atoms with van der Waals surface area (Å²) < 4.78 is 31.1. The van der Waals surface area contributed by atoms with Gasteiger partial charge >= 0.3 is 5.97 Å². The van der Waals surface area contributed by atoms with Crippen molar-refractivity contribution in [3.63, 3.8) is 0 Å². The van der Waals surface area contributed by atoms with Crippen molar-refractivity contribution in [3.8, 4) is 0 Å². The molecule has 0 aliphatic rings. The average molecular weight is 482 g/mol. The van der Waals surface area contributed by atoms with Crippen LogP contribution in [0.5, 0.6) is 0 Å². The summed E-state index contributed by atoms with van der Waals surface area (Å²) >= 11 is 5.89. The second kappa shape index (κ2) is 13.9. The van der Waals surface area contributed by atoms with E-state index >= 15 is 0 Å². The van der Waals surface area contributed by atoms with E-state index in [1.165, 1.54) is 12.2 Å². The Bertz CT molecular complexity index is 855. The molecule has 0 heterocycles. The number of halogens is 3. The van der Waals surface area contributed by atoms with E-state index in [9.17, 15) is 18.4 Å². The van der Waals surface area contributed by atoms with Gasteiger partial charge in [-0.3, -0.25) is 4.79 Å². The fraction of sp³-hybridized carbons (Fsp3) is 0.462. The Hall–Kier alpha value is -2.47. The number of hydrogen-bond donors (Lipinski definition) is 1. The molecule has 0 radical (unpaired) electrons. The lowest BCUT2D eigenvalue weighted by Crippen LogP contribution is -2.30. The predicted octanol–water partition coefficient (Wildman–Crippen LogP) is 6.80. The van der Waals surface area contributed by atoms with Crippen LogP contribution in [0.4, 0.5) is 8.78 Å². The molecule has 0 aromatic heterocycles. The number of allylic oxidation sites excluding steroid dienone is 2. The topological polar surface area (TPSA) is 55.4 Å². The van der Waals surface area contributed by atoms with E-state index in [1.54, 1.807) is 39.0 Å². The quantitative estimate of drug-likeness (QED) is 0.203. The molecule has 1 rings (SSSR count). The van der Waals surface area contributed by atoms with Crippen LogP contribution in [0.2, 0.25) is 5.02 Å². The molecule has 0 bridgehead atoms. The number of ether oxygens (including phenoxy) is 1. The van der Waals surface area contributed by atoms with E-state index in [2.05, 4.69) is 11.9 Å². The number of alkyl halides is 2. The monoisotopic (exact) mass is 481 g/mol. The number of esters is 1. The van der Waals surface area contributed by atoms with E-state index in [1.807, 2.05) is 19.1 Å². The van der Waals surface area contributed by atoms with Gasteiger partial charge in [-0.05, 0) is 57.7 Å². The van der Waals surface area contributed by atoms with Crippen molar-refractivity contribution in [3.05, 3.63) is 70.8 Å². The first-order valence-corrected chi connectivity index (χ1v) is 11.4. The molecule has 0 spiro atoms. The van der Waals surface area contributed by atoms with Gasteiger partial charge in [0, 0.05) is 24.1 Å². The first kappa shape index (κ1) is 28.6. The highest BCUT2D eigenvalue weighted by Gasteiger charge is 2.22. The summed E-state index contributed by atoms with van der Waals surface area (Å²) in [5.74, 6) is -1.43. The van der Waals surface area contributed by atoms with Crippen LogP contribution in [-0.2, 0) is 20.9 Å². The van der Waals surface area contributed by atoms with E-state index in [4.69, 9.17) is 16.3 Å². The number of hydrogen-bond acceptors (Lipinski definition) is 3. The Kier molecular flexibility index (Phi) is 12.1. The van der Waals surface area contributed by atoms with Crippen LogP contribution in [0.25, 0.3) is 0 Å². The number of rotatable bonds is 12. The lowest BCUT2D eigenvalue weighted by atomic mass is 9.87. The van der Waals surface area contributed by atoms with Crippen molar-refractivity contribution >= 4 is 23.5 Å². The minimum absolute atomic E-state index is 0.119. The van der Waals surface area contributed by atoms with Crippen LogP contribution >= 0.6 is 11.6 Å². The molecule has 0 saturated carbocycles. The van der Waals surface area contributed by atoms with Gasteiger partial charge in [-0.15, -0.1) is 6.58 Å². The van der Waals surface area contributed by atoms with Crippen molar-refractivity contribution < 1.29 is 23.1 Å². The molecule has 0 aliphatic heterocycles. The molecule has 7 heteroatoms. The van der Waals surface area contributed by atoms with Crippen molar-refractivity contribution in [2.75, 3.05) is 0 Å². The third-order valence-corrected chi connectivity index (χ3v) is 5.05. The lowest BCUT2D eigenvalue weighted by Gasteiger charge is -2.21. The summed E-state index contributed by atoms with van der Waals surface area (Å²) in [6, 6.07) is 7.12. The normalized spacial score (nSPS) is 13.6. The zero-order valence-corrected chi connectivity index (χ0v) is 20.6.